The Hall–Kier alpha value is -2.94. The Morgan fingerprint density at radius 2 is 1.82 bits per heavy atom. The van der Waals surface area contributed by atoms with Gasteiger partial charge in [0.25, 0.3) is 5.91 Å². The number of carbonyl (C=O) groups excluding carboxylic acids is 3. The number of hydrogen-bond donors (Lipinski definition) is 1. The van der Waals surface area contributed by atoms with E-state index in [9.17, 15) is 19.2 Å². The molecule has 1 unspecified atom stereocenters. The summed E-state index contributed by atoms with van der Waals surface area (Å²) in [5.41, 5.74) is 0.219. The lowest BCUT2D eigenvalue weighted by Crippen LogP contribution is -2.64. The number of hydrogen-bond acceptors (Lipinski definition) is 5. The lowest BCUT2D eigenvalue weighted by Gasteiger charge is -2.50. The summed E-state index contributed by atoms with van der Waals surface area (Å²) >= 11 is 0. The summed E-state index contributed by atoms with van der Waals surface area (Å²) in [6.07, 6.45) is 2.92. The summed E-state index contributed by atoms with van der Waals surface area (Å²) < 4.78 is 0. The van der Waals surface area contributed by atoms with E-state index in [1.165, 1.54) is 4.90 Å². The van der Waals surface area contributed by atoms with Gasteiger partial charge in [-0.2, -0.15) is 0 Å². The average molecular weight is 457 g/mol. The third-order valence-electron chi connectivity index (χ3n) is 7.46. The first-order valence-corrected chi connectivity index (χ1v) is 11.7. The van der Waals surface area contributed by atoms with E-state index in [4.69, 9.17) is 5.11 Å². The van der Waals surface area contributed by atoms with Crippen molar-refractivity contribution in [2.24, 2.45) is 0 Å². The predicted octanol–water partition coefficient (Wildman–Crippen LogP) is 0.901. The molecule has 1 aromatic rings. The predicted molar refractivity (Wildman–Crippen MR) is 121 cm³/mol. The van der Waals surface area contributed by atoms with Crippen LogP contribution in [0, 0.1) is 0 Å². The van der Waals surface area contributed by atoms with E-state index in [-0.39, 0.29) is 36.2 Å². The van der Waals surface area contributed by atoms with Crippen LogP contribution in [0.5, 0.6) is 0 Å². The van der Waals surface area contributed by atoms with E-state index in [1.807, 2.05) is 30.1 Å². The van der Waals surface area contributed by atoms with Crippen LogP contribution in [0.1, 0.15) is 42.5 Å². The van der Waals surface area contributed by atoms with Crippen molar-refractivity contribution in [1.29, 1.82) is 0 Å². The summed E-state index contributed by atoms with van der Waals surface area (Å²) in [6.45, 7) is 2.38. The number of benzene rings is 1. The van der Waals surface area contributed by atoms with Gasteiger partial charge in [0.15, 0.2) is 0 Å². The highest BCUT2D eigenvalue weighted by Crippen LogP contribution is 2.33. The Bertz CT molecular complexity index is 923. The molecule has 3 aliphatic heterocycles. The Kier molecular flexibility index (Phi) is 6.69. The molecular weight excluding hydrogens is 424 g/mol. The van der Waals surface area contributed by atoms with Gasteiger partial charge >= 0.3 is 5.97 Å². The van der Waals surface area contributed by atoms with Gasteiger partial charge in [-0.15, -0.1) is 0 Å². The summed E-state index contributed by atoms with van der Waals surface area (Å²) in [7, 11) is 2.01. The number of nitrogens with zero attached hydrogens (tertiary/aromatic N) is 4. The monoisotopic (exact) mass is 456 g/mol. The first kappa shape index (κ1) is 23.2. The summed E-state index contributed by atoms with van der Waals surface area (Å²) in [5, 5.41) is 9.13. The molecule has 0 aliphatic carbocycles. The van der Waals surface area contributed by atoms with Crippen LogP contribution in [0.2, 0.25) is 0 Å². The molecule has 3 saturated heterocycles. The maximum Gasteiger partial charge on any atom is 0.323 e. The minimum absolute atomic E-state index is 0.0257. The highest BCUT2D eigenvalue weighted by Gasteiger charge is 2.46. The first-order valence-electron chi connectivity index (χ1n) is 11.7. The molecule has 33 heavy (non-hydrogen) atoms. The molecule has 1 N–H and O–H groups in total. The molecule has 3 amide bonds. The van der Waals surface area contributed by atoms with Crippen molar-refractivity contribution >= 4 is 23.7 Å². The van der Waals surface area contributed by atoms with Crippen molar-refractivity contribution in [3.05, 3.63) is 35.9 Å². The highest BCUT2D eigenvalue weighted by atomic mass is 16.4. The Morgan fingerprint density at radius 1 is 1.06 bits per heavy atom. The smallest absolute Gasteiger partial charge is 0.323 e. The number of amides is 3. The number of carboxylic acids is 1. The molecule has 0 radical (unpaired) electrons. The van der Waals surface area contributed by atoms with Crippen molar-refractivity contribution < 1.29 is 24.3 Å². The molecule has 0 aromatic heterocycles. The molecular formula is C24H32N4O5. The van der Waals surface area contributed by atoms with Crippen molar-refractivity contribution in [3.8, 4) is 0 Å². The lowest BCUT2D eigenvalue weighted by molar-refractivity contribution is -0.144. The SMILES string of the molecule is CN1CCN(C(=O)[C@H]2CCCN2C(=O)c2ccccc2)CC12CCC(=O)N(CC(=O)O)CC2. The number of rotatable bonds is 4. The minimum Gasteiger partial charge on any atom is -0.480 e. The molecule has 4 rings (SSSR count). The largest absolute Gasteiger partial charge is 0.480 e. The van der Waals surface area contributed by atoms with Crippen molar-refractivity contribution in [3.63, 3.8) is 0 Å². The average Bonchev–Trinajstić information content (AvgIpc) is 3.25. The second-order valence-electron chi connectivity index (χ2n) is 9.39. The van der Waals surface area contributed by atoms with Crippen LogP contribution in [0.3, 0.4) is 0 Å². The lowest BCUT2D eigenvalue weighted by atomic mass is 9.86. The molecule has 2 atom stereocenters. The normalized spacial score (nSPS) is 26.5. The van der Waals surface area contributed by atoms with Gasteiger partial charge in [0.1, 0.15) is 12.6 Å². The zero-order valence-electron chi connectivity index (χ0n) is 19.1. The van der Waals surface area contributed by atoms with Crippen LogP contribution in [0.4, 0.5) is 0 Å². The molecule has 9 nitrogen and oxygen atoms in total. The Morgan fingerprint density at radius 3 is 2.55 bits per heavy atom. The van der Waals surface area contributed by atoms with E-state index >= 15 is 0 Å². The number of aliphatic carboxylic acids is 1. The zero-order chi connectivity index (χ0) is 23.6. The van der Waals surface area contributed by atoms with E-state index < -0.39 is 12.0 Å². The van der Waals surface area contributed by atoms with Gasteiger partial charge in [0.05, 0.1) is 0 Å². The highest BCUT2D eigenvalue weighted by molar-refractivity contribution is 5.98. The fourth-order valence-electron chi connectivity index (χ4n) is 5.44. The van der Waals surface area contributed by atoms with Gasteiger partial charge in [0.2, 0.25) is 11.8 Å². The molecule has 178 valence electrons. The van der Waals surface area contributed by atoms with Gasteiger partial charge in [-0.3, -0.25) is 24.1 Å². The summed E-state index contributed by atoms with van der Waals surface area (Å²) in [4.78, 5) is 57.5. The Labute approximate surface area is 193 Å². The van der Waals surface area contributed by atoms with Crippen LogP contribution in [-0.2, 0) is 14.4 Å². The van der Waals surface area contributed by atoms with Gasteiger partial charge in [0, 0.05) is 50.2 Å². The summed E-state index contributed by atoms with van der Waals surface area (Å²) in [5.74, 6) is -1.30. The standard InChI is InChI=1S/C24H32N4O5/c1-25-14-15-27(17-24(25)10-9-20(29)26(13-11-24)16-21(30)31)23(33)19-8-5-12-28(19)22(32)18-6-3-2-4-7-18/h2-4,6-7,19H,5,8-17H2,1H3,(H,30,31)/t19-,24?/m1/s1. The van der Waals surface area contributed by atoms with Crippen LogP contribution < -0.4 is 0 Å². The van der Waals surface area contributed by atoms with Crippen molar-refractivity contribution in [1.82, 2.24) is 19.6 Å². The van der Waals surface area contributed by atoms with Crippen LogP contribution in [0.25, 0.3) is 0 Å². The number of piperazine rings is 1. The molecule has 3 aliphatic rings. The van der Waals surface area contributed by atoms with Crippen LogP contribution >= 0.6 is 0 Å². The van der Waals surface area contributed by atoms with Crippen molar-refractivity contribution in [2.45, 2.75) is 43.7 Å². The van der Waals surface area contributed by atoms with Crippen LogP contribution in [-0.4, -0.2) is 106 Å². The fourth-order valence-corrected chi connectivity index (χ4v) is 5.44. The molecule has 9 heteroatoms. The first-order chi connectivity index (χ1) is 15.8. The quantitative estimate of drug-likeness (QED) is 0.723. The van der Waals surface area contributed by atoms with Crippen molar-refractivity contribution in [2.75, 3.05) is 46.3 Å². The third kappa shape index (κ3) is 4.73. The van der Waals surface area contributed by atoms with E-state index in [2.05, 4.69) is 4.90 Å². The van der Waals surface area contributed by atoms with E-state index in [0.29, 0.717) is 57.5 Å². The molecule has 1 aromatic carbocycles. The number of likely N-dealkylation sites (tertiary alicyclic amines) is 2. The van der Waals surface area contributed by atoms with E-state index in [1.54, 1.807) is 17.0 Å². The fraction of sp³-hybridized carbons (Fsp3) is 0.583. The van der Waals surface area contributed by atoms with Gasteiger partial charge < -0.3 is 19.8 Å². The topological polar surface area (TPSA) is 101 Å². The molecule has 0 saturated carbocycles. The minimum atomic E-state index is -1.02. The third-order valence-corrected chi connectivity index (χ3v) is 7.46. The van der Waals surface area contributed by atoms with Gasteiger partial charge in [-0.25, -0.2) is 0 Å². The Balaban J connectivity index is 1.48. The zero-order valence-corrected chi connectivity index (χ0v) is 19.1. The second-order valence-corrected chi connectivity index (χ2v) is 9.39. The summed E-state index contributed by atoms with van der Waals surface area (Å²) in [6, 6.07) is 8.60. The second kappa shape index (κ2) is 9.51. The van der Waals surface area contributed by atoms with E-state index in [0.717, 1.165) is 6.42 Å². The number of likely N-dealkylation sites (N-methyl/N-ethyl adjacent to an activating group) is 1. The molecule has 3 fully saturated rings. The molecule has 3 heterocycles. The van der Waals surface area contributed by atoms with Gasteiger partial charge in [-0.1, -0.05) is 18.2 Å². The maximum atomic E-state index is 13.6. The molecule has 1 spiro atoms. The molecule has 0 bridgehead atoms. The number of carbonyl (C=O) groups is 4. The number of carboxylic acid groups (broad SMARTS) is 1. The van der Waals surface area contributed by atoms with Crippen LogP contribution in [0.15, 0.2) is 30.3 Å². The maximum absolute atomic E-state index is 13.6. The van der Waals surface area contributed by atoms with Gasteiger partial charge in [-0.05, 0) is 44.9 Å².